The van der Waals surface area contributed by atoms with Crippen LogP contribution in [-0.2, 0) is 41.1 Å². The normalized spacial score (nSPS) is 15.7. The molecule has 2 atom stereocenters. The van der Waals surface area contributed by atoms with Crippen molar-refractivity contribution in [2.75, 3.05) is 13.7 Å². The zero-order chi connectivity index (χ0) is 32.1. The lowest BCUT2D eigenvalue weighted by Crippen LogP contribution is -2.45. The van der Waals surface area contributed by atoms with E-state index in [-0.39, 0.29) is 24.2 Å². The standard InChI is InChI=1S/C36H38F2N2O5/c1-36(2,28-18-29(37)20-30(38)19-28)45-32-9-7-23(8-10-32)24(11-13-41)14-26-15-27-21-40(22-31-6-4-5-12-39-31)33(35(43)44-3)16-25(27)17-34(26)42/h4-10,12,15,17-20,24,33,41-42H,11,13-14,16,21-22H2,1-3H3/t24?,33-/m0/s1. The summed E-state index contributed by atoms with van der Waals surface area (Å²) in [6, 6.07) is 19.7. The number of hydrogen-bond donors (Lipinski definition) is 2. The predicted molar refractivity (Wildman–Crippen MR) is 166 cm³/mol. The van der Waals surface area contributed by atoms with Gasteiger partial charge in [-0.2, -0.15) is 0 Å². The summed E-state index contributed by atoms with van der Waals surface area (Å²) in [6.45, 7) is 4.41. The third-order valence-corrected chi connectivity index (χ3v) is 8.42. The Morgan fingerprint density at radius 1 is 1.04 bits per heavy atom. The van der Waals surface area contributed by atoms with Crippen LogP contribution >= 0.6 is 0 Å². The van der Waals surface area contributed by atoms with Crippen LogP contribution in [0.1, 0.15) is 59.7 Å². The van der Waals surface area contributed by atoms with Crippen LogP contribution in [0.4, 0.5) is 8.78 Å². The topological polar surface area (TPSA) is 92.1 Å². The van der Waals surface area contributed by atoms with Gasteiger partial charge in [-0.3, -0.25) is 14.7 Å². The molecule has 0 fully saturated rings. The van der Waals surface area contributed by atoms with E-state index in [1.165, 1.54) is 19.2 Å². The van der Waals surface area contributed by atoms with E-state index in [0.717, 1.165) is 34.0 Å². The van der Waals surface area contributed by atoms with Crippen molar-refractivity contribution < 1.29 is 33.3 Å². The summed E-state index contributed by atoms with van der Waals surface area (Å²) in [5.41, 5.74) is 3.84. The van der Waals surface area contributed by atoms with Gasteiger partial charge in [-0.25, -0.2) is 8.78 Å². The number of aliphatic hydroxyl groups is 1. The summed E-state index contributed by atoms with van der Waals surface area (Å²) in [5.74, 6) is -1.10. The molecule has 45 heavy (non-hydrogen) atoms. The highest BCUT2D eigenvalue weighted by Crippen LogP contribution is 2.36. The number of phenolic OH excluding ortho intramolecular Hbond substituents is 1. The monoisotopic (exact) mass is 616 g/mol. The number of fused-ring (bicyclic) bond motifs is 1. The maximum atomic E-state index is 13.8. The SMILES string of the molecule is COC(=O)[C@@H]1Cc2cc(O)c(CC(CCO)c3ccc(OC(C)(C)c4cc(F)cc(F)c4)cc3)cc2CN1Cc1ccccn1. The summed E-state index contributed by atoms with van der Waals surface area (Å²) >= 11 is 0. The van der Waals surface area contributed by atoms with Gasteiger partial charge < -0.3 is 19.7 Å². The Hall–Kier alpha value is -4.34. The molecule has 0 saturated carbocycles. The third-order valence-electron chi connectivity index (χ3n) is 8.42. The molecule has 1 aliphatic rings. The van der Waals surface area contributed by atoms with Crippen LogP contribution in [0, 0.1) is 11.6 Å². The maximum absolute atomic E-state index is 13.8. The van der Waals surface area contributed by atoms with E-state index in [4.69, 9.17) is 9.47 Å². The van der Waals surface area contributed by atoms with Gasteiger partial charge in [0.05, 0.1) is 12.8 Å². The number of methoxy groups -OCH3 is 1. The number of rotatable bonds is 11. The number of aromatic nitrogens is 1. The minimum absolute atomic E-state index is 0.0363. The number of aliphatic hydroxyl groups excluding tert-OH is 1. The van der Waals surface area contributed by atoms with Crippen molar-refractivity contribution in [3.05, 3.63) is 124 Å². The lowest BCUT2D eigenvalue weighted by molar-refractivity contribution is -0.148. The lowest BCUT2D eigenvalue weighted by Gasteiger charge is -2.35. The molecule has 0 amide bonds. The molecule has 3 aromatic carbocycles. The Balaban J connectivity index is 1.35. The van der Waals surface area contributed by atoms with Gasteiger partial charge in [0.15, 0.2) is 0 Å². The molecule has 4 aromatic rings. The van der Waals surface area contributed by atoms with Gasteiger partial charge in [0.1, 0.15) is 34.8 Å². The minimum atomic E-state index is -0.985. The number of aromatic hydroxyl groups is 1. The minimum Gasteiger partial charge on any atom is -0.508 e. The fourth-order valence-electron chi connectivity index (χ4n) is 6.00. The van der Waals surface area contributed by atoms with E-state index in [9.17, 15) is 23.8 Å². The number of hydrogen-bond acceptors (Lipinski definition) is 7. The van der Waals surface area contributed by atoms with Crippen molar-refractivity contribution in [2.24, 2.45) is 0 Å². The molecule has 7 nitrogen and oxygen atoms in total. The predicted octanol–water partition coefficient (Wildman–Crippen LogP) is 6.19. The first-order valence-electron chi connectivity index (χ1n) is 15.0. The van der Waals surface area contributed by atoms with Crippen LogP contribution in [0.15, 0.2) is 79.0 Å². The third kappa shape index (κ3) is 7.67. The molecular formula is C36H38F2N2O5. The van der Waals surface area contributed by atoms with Crippen molar-refractivity contribution in [1.82, 2.24) is 9.88 Å². The highest BCUT2D eigenvalue weighted by atomic mass is 19.1. The maximum Gasteiger partial charge on any atom is 0.323 e. The number of nitrogens with zero attached hydrogens (tertiary/aromatic N) is 2. The van der Waals surface area contributed by atoms with E-state index in [1.807, 2.05) is 41.3 Å². The van der Waals surface area contributed by atoms with E-state index >= 15 is 0 Å². The molecule has 0 saturated heterocycles. The second-order valence-corrected chi connectivity index (χ2v) is 12.0. The van der Waals surface area contributed by atoms with Crippen LogP contribution in [0.5, 0.6) is 11.5 Å². The molecule has 5 rings (SSSR count). The number of carbonyl (C=O) groups excluding carboxylic acids is 1. The quantitative estimate of drug-likeness (QED) is 0.194. The first kappa shape index (κ1) is 32.1. The van der Waals surface area contributed by atoms with Crippen LogP contribution in [0.2, 0.25) is 0 Å². The van der Waals surface area contributed by atoms with Gasteiger partial charge in [0, 0.05) is 37.5 Å². The van der Waals surface area contributed by atoms with E-state index in [0.29, 0.717) is 43.7 Å². The molecule has 2 heterocycles. The van der Waals surface area contributed by atoms with Gasteiger partial charge in [-0.05, 0) is 104 Å². The van der Waals surface area contributed by atoms with Crippen LogP contribution in [-0.4, -0.2) is 45.8 Å². The summed E-state index contributed by atoms with van der Waals surface area (Å²) in [7, 11) is 1.38. The number of halogens is 2. The first-order valence-corrected chi connectivity index (χ1v) is 15.0. The summed E-state index contributed by atoms with van der Waals surface area (Å²) < 4.78 is 38.9. The molecule has 0 bridgehead atoms. The molecule has 236 valence electrons. The molecule has 1 aliphatic heterocycles. The summed E-state index contributed by atoms with van der Waals surface area (Å²) in [5, 5.41) is 20.9. The van der Waals surface area contributed by atoms with E-state index in [1.54, 1.807) is 38.2 Å². The number of phenols is 1. The van der Waals surface area contributed by atoms with E-state index < -0.39 is 23.3 Å². The number of pyridine rings is 1. The molecule has 1 unspecified atom stereocenters. The van der Waals surface area contributed by atoms with Crippen molar-refractivity contribution in [3.63, 3.8) is 0 Å². The van der Waals surface area contributed by atoms with Crippen molar-refractivity contribution in [2.45, 2.75) is 63.8 Å². The molecular weight excluding hydrogens is 578 g/mol. The van der Waals surface area contributed by atoms with Crippen LogP contribution in [0.3, 0.4) is 0 Å². The zero-order valence-electron chi connectivity index (χ0n) is 25.7. The average molecular weight is 617 g/mol. The van der Waals surface area contributed by atoms with E-state index in [2.05, 4.69) is 4.98 Å². The Labute approximate surface area is 262 Å². The Bertz CT molecular complexity index is 1610. The number of benzene rings is 3. The van der Waals surface area contributed by atoms with Crippen molar-refractivity contribution >= 4 is 5.97 Å². The number of ether oxygens (including phenoxy) is 2. The largest absolute Gasteiger partial charge is 0.508 e. The first-order chi connectivity index (χ1) is 21.6. The molecule has 9 heteroatoms. The van der Waals surface area contributed by atoms with Gasteiger partial charge in [0.2, 0.25) is 0 Å². The van der Waals surface area contributed by atoms with Gasteiger partial charge in [0.25, 0.3) is 0 Å². The van der Waals surface area contributed by atoms with Gasteiger partial charge in [-0.15, -0.1) is 0 Å². The Morgan fingerprint density at radius 3 is 2.42 bits per heavy atom. The Morgan fingerprint density at radius 2 is 1.78 bits per heavy atom. The molecule has 2 N–H and O–H groups in total. The molecule has 0 aliphatic carbocycles. The molecule has 1 aromatic heterocycles. The lowest BCUT2D eigenvalue weighted by atomic mass is 9.86. The second kappa shape index (κ2) is 13.7. The second-order valence-electron chi connectivity index (χ2n) is 12.0. The fourth-order valence-corrected chi connectivity index (χ4v) is 6.00. The highest BCUT2D eigenvalue weighted by molar-refractivity contribution is 5.76. The zero-order valence-corrected chi connectivity index (χ0v) is 25.7. The number of esters is 1. The van der Waals surface area contributed by atoms with Crippen LogP contribution < -0.4 is 4.74 Å². The molecule has 0 spiro atoms. The van der Waals surface area contributed by atoms with Gasteiger partial charge in [-0.1, -0.05) is 24.3 Å². The van der Waals surface area contributed by atoms with Gasteiger partial charge >= 0.3 is 5.97 Å². The number of carbonyl (C=O) groups is 1. The van der Waals surface area contributed by atoms with Crippen molar-refractivity contribution in [1.29, 1.82) is 0 Å². The fraction of sp³-hybridized carbons (Fsp3) is 0.333. The van der Waals surface area contributed by atoms with Crippen molar-refractivity contribution in [3.8, 4) is 11.5 Å². The Kier molecular flexibility index (Phi) is 9.80. The highest BCUT2D eigenvalue weighted by Gasteiger charge is 2.33. The summed E-state index contributed by atoms with van der Waals surface area (Å²) in [6.07, 6.45) is 3.08. The van der Waals surface area contributed by atoms with Crippen LogP contribution in [0.25, 0.3) is 0 Å². The average Bonchev–Trinajstić information content (AvgIpc) is 3.01. The summed E-state index contributed by atoms with van der Waals surface area (Å²) in [4.78, 5) is 19.2. The molecule has 0 radical (unpaired) electrons. The smallest absolute Gasteiger partial charge is 0.323 e.